The number of aliphatic hydroxyl groups is 4. The Morgan fingerprint density at radius 2 is 1.97 bits per heavy atom. The van der Waals surface area contributed by atoms with Gasteiger partial charge in [-0.1, -0.05) is 12.2 Å². The largest absolute Gasteiger partial charge is 0.466 e. The van der Waals surface area contributed by atoms with Crippen molar-refractivity contribution in [3.63, 3.8) is 0 Å². The number of carbonyl (C=O) groups is 2. The van der Waals surface area contributed by atoms with Gasteiger partial charge < -0.3 is 34.6 Å². The summed E-state index contributed by atoms with van der Waals surface area (Å²) in [5, 5.41) is 38.5. The number of allylic oxidation sites excluding steroid dienone is 1. The molecule has 0 spiro atoms. The van der Waals surface area contributed by atoms with Crippen molar-refractivity contribution in [3.05, 3.63) is 12.2 Å². The van der Waals surface area contributed by atoms with Crippen LogP contribution in [0.1, 0.15) is 39.0 Å². The van der Waals surface area contributed by atoms with E-state index in [2.05, 4.69) is 0 Å². The van der Waals surface area contributed by atoms with Gasteiger partial charge in [-0.25, -0.2) is 0 Å². The lowest BCUT2D eigenvalue weighted by Gasteiger charge is -2.39. The van der Waals surface area contributed by atoms with Crippen LogP contribution in [0.4, 0.5) is 0 Å². The molecule has 2 fully saturated rings. The molecule has 1 aliphatic heterocycles. The molecule has 4 N–H and O–H groups in total. The normalized spacial score (nSPS) is 35.3. The maximum atomic E-state index is 12.1. The van der Waals surface area contributed by atoms with Crippen molar-refractivity contribution >= 4 is 11.8 Å². The lowest BCUT2D eigenvalue weighted by atomic mass is 9.89. The van der Waals surface area contributed by atoms with Gasteiger partial charge in [0.15, 0.2) is 6.29 Å². The van der Waals surface area contributed by atoms with Gasteiger partial charge in [0.2, 0.25) is 0 Å². The van der Waals surface area contributed by atoms with Gasteiger partial charge in [0, 0.05) is 18.8 Å². The molecule has 1 heterocycles. The van der Waals surface area contributed by atoms with Gasteiger partial charge in [-0.05, 0) is 32.1 Å². The second-order valence-corrected chi connectivity index (χ2v) is 7.44. The summed E-state index contributed by atoms with van der Waals surface area (Å²) >= 11 is 0. The molecule has 0 bridgehead atoms. The summed E-state index contributed by atoms with van der Waals surface area (Å²) in [5.41, 5.74) is 0. The lowest BCUT2D eigenvalue weighted by Crippen LogP contribution is -2.59. The highest BCUT2D eigenvalue weighted by molar-refractivity contribution is 5.84. The van der Waals surface area contributed by atoms with Gasteiger partial charge in [0.1, 0.15) is 30.2 Å². The number of rotatable bonds is 10. The van der Waals surface area contributed by atoms with Crippen molar-refractivity contribution < 1.29 is 44.2 Å². The molecular weight excluding hydrogens is 384 g/mol. The molecule has 0 amide bonds. The van der Waals surface area contributed by atoms with E-state index in [0.29, 0.717) is 32.3 Å². The van der Waals surface area contributed by atoms with Gasteiger partial charge >= 0.3 is 5.97 Å². The highest BCUT2D eigenvalue weighted by Crippen LogP contribution is 2.34. The molecule has 7 atom stereocenters. The molecule has 1 saturated heterocycles. The molecule has 9 heteroatoms. The van der Waals surface area contributed by atoms with Crippen LogP contribution in [0.3, 0.4) is 0 Å². The highest BCUT2D eigenvalue weighted by atomic mass is 16.7. The van der Waals surface area contributed by atoms with Gasteiger partial charge in [-0.15, -0.1) is 0 Å². The van der Waals surface area contributed by atoms with E-state index in [1.807, 2.05) is 12.2 Å². The summed E-state index contributed by atoms with van der Waals surface area (Å²) in [7, 11) is 0. The number of carbonyl (C=O) groups excluding carboxylic acids is 2. The predicted octanol–water partition coefficient (Wildman–Crippen LogP) is -0.312. The van der Waals surface area contributed by atoms with Gasteiger partial charge in [0.25, 0.3) is 0 Å². The molecule has 0 aromatic rings. The minimum absolute atomic E-state index is 0.0107. The maximum absolute atomic E-state index is 12.1. The van der Waals surface area contributed by atoms with Crippen LogP contribution in [-0.2, 0) is 23.8 Å². The number of Topliss-reactive ketones (excluding diaryl/α,β-unsaturated/α-hetero) is 1. The molecule has 9 nitrogen and oxygen atoms in total. The van der Waals surface area contributed by atoms with E-state index in [9.17, 15) is 24.9 Å². The van der Waals surface area contributed by atoms with Crippen molar-refractivity contribution in [1.82, 2.24) is 0 Å². The standard InChI is InChI=1S/C20H32O9/c1-2-27-16(23)10-12-7-8-14(22)13(12)6-4-3-5-9-28-20-19(26)18(25)17(24)15(11-21)29-20/h3-4,12-13,15,17-21,24-26H,2,5-11H2,1H3/b4-3-/t12-,13+,15-,17-,18+,19-,20-/m1/s1. The minimum atomic E-state index is -1.47. The van der Waals surface area contributed by atoms with E-state index in [4.69, 9.17) is 19.3 Å². The first-order valence-corrected chi connectivity index (χ1v) is 10.1. The average molecular weight is 416 g/mol. The fourth-order valence-corrected chi connectivity index (χ4v) is 3.80. The fourth-order valence-electron chi connectivity index (χ4n) is 3.80. The zero-order chi connectivity index (χ0) is 21.4. The molecule has 2 aliphatic rings. The first-order valence-electron chi connectivity index (χ1n) is 10.1. The fraction of sp³-hybridized carbons (Fsp3) is 0.800. The van der Waals surface area contributed by atoms with E-state index in [-0.39, 0.29) is 36.6 Å². The molecule has 29 heavy (non-hydrogen) atoms. The first kappa shape index (κ1) is 23.9. The molecule has 0 aromatic heterocycles. The van der Waals surface area contributed by atoms with Crippen molar-refractivity contribution in [2.45, 2.75) is 69.7 Å². The van der Waals surface area contributed by atoms with E-state index < -0.39 is 37.3 Å². The number of hydrogen-bond donors (Lipinski definition) is 4. The smallest absolute Gasteiger partial charge is 0.306 e. The van der Waals surface area contributed by atoms with Gasteiger partial charge in [0.05, 0.1) is 19.8 Å². The average Bonchev–Trinajstić information content (AvgIpc) is 3.03. The Hall–Kier alpha value is -1.36. The third-order valence-corrected chi connectivity index (χ3v) is 5.45. The van der Waals surface area contributed by atoms with Crippen LogP contribution >= 0.6 is 0 Å². The number of esters is 1. The van der Waals surface area contributed by atoms with Crippen molar-refractivity contribution in [1.29, 1.82) is 0 Å². The zero-order valence-corrected chi connectivity index (χ0v) is 16.7. The quantitative estimate of drug-likeness (QED) is 0.214. The Labute approximate surface area is 170 Å². The van der Waals surface area contributed by atoms with E-state index in [0.717, 1.165) is 0 Å². The Kier molecular flexibility index (Phi) is 9.67. The van der Waals surface area contributed by atoms with Crippen LogP contribution in [0.2, 0.25) is 0 Å². The van der Waals surface area contributed by atoms with Crippen LogP contribution in [-0.4, -0.2) is 82.7 Å². The Morgan fingerprint density at radius 1 is 1.21 bits per heavy atom. The summed E-state index contributed by atoms with van der Waals surface area (Å²) in [6.07, 6.45) is -0.245. The molecule has 0 aromatic carbocycles. The number of ether oxygens (including phenoxy) is 3. The Morgan fingerprint density at radius 3 is 2.66 bits per heavy atom. The minimum Gasteiger partial charge on any atom is -0.466 e. The summed E-state index contributed by atoms with van der Waals surface area (Å²) in [6.45, 7) is 1.76. The van der Waals surface area contributed by atoms with Gasteiger partial charge in [-0.3, -0.25) is 9.59 Å². The summed E-state index contributed by atoms with van der Waals surface area (Å²) in [4.78, 5) is 23.8. The van der Waals surface area contributed by atoms with Crippen LogP contribution in [0.5, 0.6) is 0 Å². The third kappa shape index (κ3) is 6.56. The first-order chi connectivity index (χ1) is 13.9. The molecule has 2 rings (SSSR count). The van der Waals surface area contributed by atoms with E-state index in [1.165, 1.54) is 0 Å². The number of aliphatic hydroxyl groups excluding tert-OH is 4. The highest BCUT2D eigenvalue weighted by Gasteiger charge is 2.43. The molecule has 0 radical (unpaired) electrons. The lowest BCUT2D eigenvalue weighted by molar-refractivity contribution is -0.300. The van der Waals surface area contributed by atoms with Crippen LogP contribution < -0.4 is 0 Å². The van der Waals surface area contributed by atoms with Crippen LogP contribution in [0, 0.1) is 11.8 Å². The van der Waals surface area contributed by atoms with Crippen molar-refractivity contribution in [3.8, 4) is 0 Å². The third-order valence-electron chi connectivity index (χ3n) is 5.45. The second kappa shape index (κ2) is 11.7. The monoisotopic (exact) mass is 416 g/mol. The van der Waals surface area contributed by atoms with Crippen LogP contribution in [0.25, 0.3) is 0 Å². The van der Waals surface area contributed by atoms with E-state index >= 15 is 0 Å². The Bertz CT molecular complexity index is 562. The van der Waals surface area contributed by atoms with Crippen LogP contribution in [0.15, 0.2) is 12.2 Å². The molecular formula is C20H32O9. The number of hydrogen-bond acceptors (Lipinski definition) is 9. The summed E-state index contributed by atoms with van der Waals surface area (Å²) in [6, 6.07) is 0. The molecule has 1 aliphatic carbocycles. The molecule has 1 saturated carbocycles. The predicted molar refractivity (Wildman–Crippen MR) is 101 cm³/mol. The number of ketones is 1. The molecule has 166 valence electrons. The Balaban J connectivity index is 1.73. The maximum Gasteiger partial charge on any atom is 0.306 e. The van der Waals surface area contributed by atoms with Gasteiger partial charge in [-0.2, -0.15) is 0 Å². The van der Waals surface area contributed by atoms with Crippen molar-refractivity contribution in [2.75, 3.05) is 19.8 Å². The SMILES string of the molecule is CCOC(=O)C[C@H]1CCC(=O)[C@H]1C/C=C\CCO[C@@H]1O[C@H](CO)[C@@H](O)[C@H](O)[C@H]1O. The summed E-state index contributed by atoms with van der Waals surface area (Å²) in [5.74, 6) is -0.269. The van der Waals surface area contributed by atoms with E-state index in [1.54, 1.807) is 6.92 Å². The summed E-state index contributed by atoms with van der Waals surface area (Å²) < 4.78 is 15.6. The second-order valence-electron chi connectivity index (χ2n) is 7.44. The zero-order valence-electron chi connectivity index (χ0n) is 16.7. The topological polar surface area (TPSA) is 143 Å². The van der Waals surface area contributed by atoms with Crippen molar-refractivity contribution in [2.24, 2.45) is 11.8 Å². The molecule has 0 unspecified atom stereocenters.